The van der Waals surface area contributed by atoms with Gasteiger partial charge in [0.25, 0.3) is 5.56 Å². The van der Waals surface area contributed by atoms with Crippen molar-refractivity contribution in [3.63, 3.8) is 0 Å². The molecule has 0 aliphatic carbocycles. The van der Waals surface area contributed by atoms with Crippen molar-refractivity contribution in [2.24, 2.45) is 0 Å². The average Bonchev–Trinajstić information content (AvgIpc) is 2.54. The fourth-order valence-corrected chi connectivity index (χ4v) is 2.98. The van der Waals surface area contributed by atoms with E-state index < -0.39 is 0 Å². The van der Waals surface area contributed by atoms with Gasteiger partial charge in [-0.25, -0.2) is 14.6 Å². The molecular weight excluding hydrogens is 332 g/mol. The number of aromatic nitrogens is 3. The Hall–Kier alpha value is -2.05. The molecule has 2 heterocycles. The highest BCUT2D eigenvalue weighted by molar-refractivity contribution is 7.98. The van der Waals surface area contributed by atoms with Gasteiger partial charge < -0.3 is 5.01 Å². The van der Waals surface area contributed by atoms with E-state index in [1.165, 1.54) is 16.4 Å². The summed E-state index contributed by atoms with van der Waals surface area (Å²) in [4.78, 5) is 21.7. The zero-order chi connectivity index (χ0) is 16.6. The molecular formula is C16H15ClN4OS. The summed E-state index contributed by atoms with van der Waals surface area (Å²) in [5.41, 5.74) is 1.64. The maximum absolute atomic E-state index is 13.0. The van der Waals surface area contributed by atoms with Crippen LogP contribution in [0, 0.1) is 0 Å². The maximum atomic E-state index is 13.0. The minimum Gasteiger partial charge on any atom is -0.314 e. The van der Waals surface area contributed by atoms with Crippen LogP contribution in [-0.4, -0.2) is 35.0 Å². The molecule has 0 fully saturated rings. The van der Waals surface area contributed by atoms with Crippen LogP contribution in [0.3, 0.4) is 0 Å². The Balaban J connectivity index is 2.40. The van der Waals surface area contributed by atoms with Crippen molar-refractivity contribution in [3.8, 4) is 11.1 Å². The van der Waals surface area contributed by atoms with E-state index in [1.54, 1.807) is 37.4 Å². The van der Waals surface area contributed by atoms with E-state index >= 15 is 0 Å². The van der Waals surface area contributed by atoms with E-state index in [1.807, 2.05) is 24.5 Å². The van der Waals surface area contributed by atoms with E-state index in [0.717, 1.165) is 5.39 Å². The van der Waals surface area contributed by atoms with Crippen LogP contribution in [0.5, 0.6) is 0 Å². The molecule has 0 aliphatic heterocycles. The topological polar surface area (TPSA) is 51.0 Å². The first-order valence-electron chi connectivity index (χ1n) is 6.92. The summed E-state index contributed by atoms with van der Waals surface area (Å²) in [5.74, 6) is 0. The lowest BCUT2D eigenvalue weighted by Gasteiger charge is -2.19. The van der Waals surface area contributed by atoms with Crippen LogP contribution in [0.4, 0.5) is 0 Å². The smallest absolute Gasteiger partial charge is 0.278 e. The van der Waals surface area contributed by atoms with Gasteiger partial charge in [-0.15, -0.1) is 0 Å². The van der Waals surface area contributed by atoms with Crippen molar-refractivity contribution in [2.75, 3.05) is 25.4 Å². The van der Waals surface area contributed by atoms with Crippen LogP contribution in [0.15, 0.2) is 46.5 Å². The third kappa shape index (κ3) is 2.80. The molecule has 23 heavy (non-hydrogen) atoms. The van der Waals surface area contributed by atoms with E-state index in [0.29, 0.717) is 27.0 Å². The Morgan fingerprint density at radius 3 is 2.61 bits per heavy atom. The predicted octanol–water partition coefficient (Wildman–Crippen LogP) is 3.03. The Kier molecular flexibility index (Phi) is 4.28. The molecule has 0 spiro atoms. The highest BCUT2D eigenvalue weighted by Crippen LogP contribution is 2.27. The van der Waals surface area contributed by atoms with Gasteiger partial charge in [0.15, 0.2) is 10.8 Å². The molecule has 0 saturated carbocycles. The Bertz CT molecular complexity index is 939. The van der Waals surface area contributed by atoms with Crippen molar-refractivity contribution in [3.05, 3.63) is 51.9 Å². The fourth-order valence-electron chi connectivity index (χ4n) is 2.41. The van der Waals surface area contributed by atoms with Crippen molar-refractivity contribution in [1.82, 2.24) is 14.6 Å². The molecule has 5 nitrogen and oxygen atoms in total. The zero-order valence-corrected chi connectivity index (χ0v) is 14.5. The first kappa shape index (κ1) is 15.8. The lowest BCUT2D eigenvalue weighted by Crippen LogP contribution is -2.37. The number of nitrogens with zero attached hydrogens (tertiary/aromatic N) is 4. The van der Waals surface area contributed by atoms with Crippen molar-refractivity contribution < 1.29 is 0 Å². The van der Waals surface area contributed by atoms with Gasteiger partial charge in [-0.3, -0.25) is 4.79 Å². The summed E-state index contributed by atoms with van der Waals surface area (Å²) < 4.78 is 1.54. The third-order valence-corrected chi connectivity index (χ3v) is 4.34. The van der Waals surface area contributed by atoms with Crippen LogP contribution in [-0.2, 0) is 0 Å². The van der Waals surface area contributed by atoms with Gasteiger partial charge in [0.2, 0.25) is 0 Å². The SMILES string of the molecule is CSc1ncc2cc(-c3ccccc3Cl)c(=O)n(N(C)C)c2n1. The number of fused-ring (bicyclic) bond motifs is 1. The summed E-state index contributed by atoms with van der Waals surface area (Å²) in [6, 6.07) is 9.10. The molecule has 0 bridgehead atoms. The van der Waals surface area contributed by atoms with E-state index in [-0.39, 0.29) is 5.56 Å². The van der Waals surface area contributed by atoms with E-state index in [2.05, 4.69) is 9.97 Å². The average molecular weight is 347 g/mol. The number of thioether (sulfide) groups is 1. The van der Waals surface area contributed by atoms with Gasteiger partial charge in [0.1, 0.15) is 0 Å². The maximum Gasteiger partial charge on any atom is 0.278 e. The molecule has 3 rings (SSSR count). The van der Waals surface area contributed by atoms with Crippen LogP contribution >= 0.6 is 23.4 Å². The molecule has 0 aliphatic rings. The molecule has 3 aromatic rings. The second-order valence-electron chi connectivity index (χ2n) is 5.14. The Morgan fingerprint density at radius 2 is 1.96 bits per heavy atom. The molecule has 2 aromatic heterocycles. The Morgan fingerprint density at radius 1 is 1.22 bits per heavy atom. The highest BCUT2D eigenvalue weighted by Gasteiger charge is 2.16. The van der Waals surface area contributed by atoms with Gasteiger partial charge >= 0.3 is 0 Å². The van der Waals surface area contributed by atoms with Crippen molar-refractivity contribution >= 4 is 34.4 Å². The van der Waals surface area contributed by atoms with Crippen LogP contribution in [0.2, 0.25) is 5.02 Å². The number of benzene rings is 1. The lowest BCUT2D eigenvalue weighted by molar-refractivity contribution is 0.715. The molecule has 0 saturated heterocycles. The number of pyridine rings is 1. The van der Waals surface area contributed by atoms with Gasteiger partial charge in [-0.1, -0.05) is 41.6 Å². The number of rotatable bonds is 3. The Labute approximate surface area is 142 Å². The normalized spacial score (nSPS) is 11.0. The summed E-state index contributed by atoms with van der Waals surface area (Å²) in [5, 5.41) is 3.65. The first-order chi connectivity index (χ1) is 11.0. The first-order valence-corrected chi connectivity index (χ1v) is 8.52. The number of halogens is 1. The summed E-state index contributed by atoms with van der Waals surface area (Å²) in [6.07, 6.45) is 3.63. The minimum absolute atomic E-state index is 0.165. The fraction of sp³-hybridized carbons (Fsp3) is 0.188. The lowest BCUT2D eigenvalue weighted by atomic mass is 10.1. The standard InChI is InChI=1S/C16H15ClN4OS/c1-20(2)21-14-10(9-18-16(19-14)23-3)8-12(15(21)22)11-6-4-5-7-13(11)17/h4-9H,1-3H3. The van der Waals surface area contributed by atoms with Crippen molar-refractivity contribution in [1.29, 1.82) is 0 Å². The van der Waals surface area contributed by atoms with Crippen LogP contribution < -0.4 is 10.6 Å². The molecule has 0 amide bonds. The quantitative estimate of drug-likeness (QED) is 0.539. The van der Waals surface area contributed by atoms with E-state index in [4.69, 9.17) is 11.6 Å². The second-order valence-corrected chi connectivity index (χ2v) is 6.32. The number of hydrogen-bond acceptors (Lipinski definition) is 5. The van der Waals surface area contributed by atoms with Gasteiger partial charge in [0.05, 0.1) is 5.56 Å². The molecule has 0 unspecified atom stereocenters. The third-order valence-electron chi connectivity index (χ3n) is 3.44. The largest absolute Gasteiger partial charge is 0.314 e. The summed E-state index contributed by atoms with van der Waals surface area (Å²) in [6.45, 7) is 0. The van der Waals surface area contributed by atoms with E-state index in [9.17, 15) is 4.79 Å². The number of hydrogen-bond donors (Lipinski definition) is 0. The van der Waals surface area contributed by atoms with Gasteiger partial charge in [-0.2, -0.15) is 0 Å². The summed E-state index contributed by atoms with van der Waals surface area (Å²) >= 11 is 7.70. The molecule has 118 valence electrons. The molecule has 0 radical (unpaired) electrons. The predicted molar refractivity (Wildman–Crippen MR) is 96.1 cm³/mol. The molecule has 7 heteroatoms. The minimum atomic E-state index is -0.165. The van der Waals surface area contributed by atoms with Crippen molar-refractivity contribution in [2.45, 2.75) is 5.16 Å². The highest BCUT2D eigenvalue weighted by atomic mass is 35.5. The summed E-state index contributed by atoms with van der Waals surface area (Å²) in [7, 11) is 3.61. The molecule has 1 aromatic carbocycles. The zero-order valence-electron chi connectivity index (χ0n) is 12.9. The van der Waals surface area contributed by atoms with Gasteiger partial charge in [-0.05, 0) is 18.4 Å². The second kappa shape index (κ2) is 6.22. The molecule has 0 N–H and O–H groups in total. The van der Waals surface area contributed by atoms with Gasteiger partial charge in [0, 0.05) is 36.3 Å². The van der Waals surface area contributed by atoms with Crippen LogP contribution in [0.1, 0.15) is 0 Å². The molecule has 0 atom stereocenters. The van der Waals surface area contributed by atoms with Crippen LogP contribution in [0.25, 0.3) is 22.2 Å². The monoisotopic (exact) mass is 346 g/mol.